The number of hydrogen-bond donors (Lipinski definition) is 1. The summed E-state index contributed by atoms with van der Waals surface area (Å²) in [7, 11) is 0. The Balaban J connectivity index is 1.99. The average molecular weight is 234 g/mol. The number of hydrogen-bond acceptors (Lipinski definition) is 3. The maximum Gasteiger partial charge on any atom is 0.115 e. The van der Waals surface area contributed by atoms with E-state index < -0.39 is 0 Å². The van der Waals surface area contributed by atoms with E-state index in [2.05, 4.69) is 29.7 Å². The molecule has 1 fully saturated rings. The van der Waals surface area contributed by atoms with Crippen LogP contribution in [0.25, 0.3) is 0 Å². The fourth-order valence-corrected chi connectivity index (χ4v) is 2.46. The van der Waals surface area contributed by atoms with E-state index in [1.807, 2.05) is 12.1 Å². The summed E-state index contributed by atoms with van der Waals surface area (Å²) >= 11 is 0. The van der Waals surface area contributed by atoms with Crippen LogP contribution in [0, 0.1) is 0 Å². The van der Waals surface area contributed by atoms with Gasteiger partial charge in [-0.25, -0.2) is 0 Å². The number of phenols is 1. The molecule has 94 valence electrons. The molecule has 1 aromatic carbocycles. The molecule has 1 aliphatic heterocycles. The van der Waals surface area contributed by atoms with E-state index in [-0.39, 0.29) is 0 Å². The van der Waals surface area contributed by atoms with E-state index in [0.717, 1.165) is 32.7 Å². The van der Waals surface area contributed by atoms with Crippen LogP contribution in [0.15, 0.2) is 24.3 Å². The molecule has 17 heavy (non-hydrogen) atoms. The van der Waals surface area contributed by atoms with Crippen LogP contribution in [-0.2, 0) is 0 Å². The van der Waals surface area contributed by atoms with Gasteiger partial charge in [-0.05, 0) is 31.2 Å². The second-order valence-corrected chi connectivity index (χ2v) is 4.74. The number of nitrogens with zero attached hydrogens (tertiary/aromatic N) is 2. The summed E-state index contributed by atoms with van der Waals surface area (Å²) in [6, 6.07) is 8.00. The highest BCUT2D eigenvalue weighted by atomic mass is 16.3. The third-order valence-corrected chi connectivity index (χ3v) is 3.75. The van der Waals surface area contributed by atoms with Crippen LogP contribution in [0.5, 0.6) is 5.75 Å². The van der Waals surface area contributed by atoms with Gasteiger partial charge in [0, 0.05) is 32.2 Å². The van der Waals surface area contributed by atoms with Gasteiger partial charge in [-0.3, -0.25) is 4.90 Å². The fourth-order valence-electron chi connectivity index (χ4n) is 2.46. The van der Waals surface area contributed by atoms with Crippen LogP contribution in [0.2, 0.25) is 0 Å². The molecule has 1 atom stereocenters. The Bertz CT molecular complexity index is 359. The molecule has 1 N–H and O–H groups in total. The molecule has 1 heterocycles. The Morgan fingerprint density at radius 2 is 1.94 bits per heavy atom. The second kappa shape index (κ2) is 5.52. The van der Waals surface area contributed by atoms with E-state index in [1.54, 1.807) is 6.07 Å². The van der Waals surface area contributed by atoms with Gasteiger partial charge < -0.3 is 10.0 Å². The van der Waals surface area contributed by atoms with Gasteiger partial charge in [-0.2, -0.15) is 0 Å². The minimum atomic E-state index is 0.363. The van der Waals surface area contributed by atoms with Crippen molar-refractivity contribution in [1.29, 1.82) is 0 Å². The molecule has 0 aliphatic carbocycles. The average Bonchev–Trinajstić information content (AvgIpc) is 2.38. The maximum atomic E-state index is 9.51. The van der Waals surface area contributed by atoms with Crippen LogP contribution < -0.4 is 0 Å². The first-order chi connectivity index (χ1) is 8.20. The van der Waals surface area contributed by atoms with Crippen LogP contribution in [0.3, 0.4) is 0 Å². The van der Waals surface area contributed by atoms with E-state index in [9.17, 15) is 5.11 Å². The molecule has 1 aromatic rings. The third-order valence-electron chi connectivity index (χ3n) is 3.75. The first-order valence-electron chi connectivity index (χ1n) is 6.46. The number of likely N-dealkylation sites (N-methyl/N-ethyl adjacent to an activating group) is 1. The monoisotopic (exact) mass is 234 g/mol. The molecule has 1 aliphatic rings. The molecular weight excluding hydrogens is 212 g/mol. The quantitative estimate of drug-likeness (QED) is 0.867. The summed E-state index contributed by atoms with van der Waals surface area (Å²) in [5, 5.41) is 9.51. The predicted molar refractivity (Wildman–Crippen MR) is 70.2 cm³/mol. The Morgan fingerprint density at radius 3 is 2.53 bits per heavy atom. The number of benzene rings is 1. The van der Waals surface area contributed by atoms with Crippen molar-refractivity contribution in [1.82, 2.24) is 9.80 Å². The molecule has 0 bridgehead atoms. The minimum Gasteiger partial charge on any atom is -0.508 e. The lowest BCUT2D eigenvalue weighted by molar-refractivity contribution is 0.106. The van der Waals surface area contributed by atoms with Crippen molar-refractivity contribution >= 4 is 0 Å². The van der Waals surface area contributed by atoms with Crippen molar-refractivity contribution in [3.8, 4) is 5.75 Å². The standard InChI is InChI=1S/C14H22N2O/c1-3-15-7-9-16(10-8-15)12(2)13-5-4-6-14(17)11-13/h4-6,11-12,17H,3,7-10H2,1-2H3. The lowest BCUT2D eigenvalue weighted by atomic mass is 10.1. The summed E-state index contributed by atoms with van der Waals surface area (Å²) in [6.07, 6.45) is 0. The highest BCUT2D eigenvalue weighted by Gasteiger charge is 2.21. The van der Waals surface area contributed by atoms with Gasteiger partial charge in [0.2, 0.25) is 0 Å². The molecule has 1 unspecified atom stereocenters. The largest absolute Gasteiger partial charge is 0.508 e. The molecule has 0 spiro atoms. The third kappa shape index (κ3) is 2.99. The van der Waals surface area contributed by atoms with Gasteiger partial charge in [0.15, 0.2) is 0 Å². The van der Waals surface area contributed by atoms with Crippen LogP contribution in [0.1, 0.15) is 25.5 Å². The normalized spacial score (nSPS) is 20.4. The SMILES string of the molecule is CCN1CCN(C(C)c2cccc(O)c2)CC1. The van der Waals surface area contributed by atoms with E-state index in [1.165, 1.54) is 5.56 Å². The van der Waals surface area contributed by atoms with E-state index in [0.29, 0.717) is 11.8 Å². The maximum absolute atomic E-state index is 9.51. The lowest BCUT2D eigenvalue weighted by Crippen LogP contribution is -2.46. The number of aromatic hydroxyl groups is 1. The zero-order valence-electron chi connectivity index (χ0n) is 10.8. The molecule has 2 rings (SSSR count). The van der Waals surface area contributed by atoms with E-state index >= 15 is 0 Å². The van der Waals surface area contributed by atoms with Gasteiger partial charge in [-0.1, -0.05) is 19.1 Å². The Labute approximate surface area is 104 Å². The van der Waals surface area contributed by atoms with E-state index in [4.69, 9.17) is 0 Å². The summed E-state index contributed by atoms with van der Waals surface area (Å²) in [5.74, 6) is 0.363. The summed E-state index contributed by atoms with van der Waals surface area (Å²) in [5.41, 5.74) is 1.20. The van der Waals surface area contributed by atoms with Crippen molar-refractivity contribution in [2.75, 3.05) is 32.7 Å². The topological polar surface area (TPSA) is 26.7 Å². The van der Waals surface area contributed by atoms with Gasteiger partial charge in [-0.15, -0.1) is 0 Å². The number of rotatable bonds is 3. The van der Waals surface area contributed by atoms with Crippen molar-refractivity contribution in [2.24, 2.45) is 0 Å². The molecular formula is C14H22N2O. The molecule has 0 aromatic heterocycles. The summed E-state index contributed by atoms with van der Waals surface area (Å²) in [4.78, 5) is 4.96. The molecule has 0 saturated carbocycles. The first kappa shape index (κ1) is 12.4. The zero-order valence-corrected chi connectivity index (χ0v) is 10.8. The second-order valence-electron chi connectivity index (χ2n) is 4.74. The highest BCUT2D eigenvalue weighted by molar-refractivity contribution is 5.29. The molecule has 0 radical (unpaired) electrons. The lowest BCUT2D eigenvalue weighted by Gasteiger charge is -2.37. The van der Waals surface area contributed by atoms with Crippen molar-refractivity contribution in [3.05, 3.63) is 29.8 Å². The first-order valence-corrected chi connectivity index (χ1v) is 6.46. The smallest absolute Gasteiger partial charge is 0.115 e. The van der Waals surface area contributed by atoms with Crippen LogP contribution in [-0.4, -0.2) is 47.6 Å². The summed E-state index contributed by atoms with van der Waals surface area (Å²) in [6.45, 7) is 10.1. The Kier molecular flexibility index (Phi) is 4.02. The predicted octanol–water partition coefficient (Wildman–Crippen LogP) is 2.09. The summed E-state index contributed by atoms with van der Waals surface area (Å²) < 4.78 is 0. The van der Waals surface area contributed by atoms with Crippen LogP contribution in [0.4, 0.5) is 0 Å². The van der Waals surface area contributed by atoms with Gasteiger partial charge in [0.1, 0.15) is 5.75 Å². The molecule has 0 amide bonds. The highest BCUT2D eigenvalue weighted by Crippen LogP contribution is 2.24. The van der Waals surface area contributed by atoms with Gasteiger partial charge in [0.25, 0.3) is 0 Å². The van der Waals surface area contributed by atoms with Gasteiger partial charge >= 0.3 is 0 Å². The molecule has 1 saturated heterocycles. The Morgan fingerprint density at radius 1 is 1.24 bits per heavy atom. The fraction of sp³-hybridized carbons (Fsp3) is 0.571. The molecule has 3 nitrogen and oxygen atoms in total. The van der Waals surface area contributed by atoms with Crippen molar-refractivity contribution in [2.45, 2.75) is 19.9 Å². The van der Waals surface area contributed by atoms with Crippen molar-refractivity contribution in [3.63, 3.8) is 0 Å². The number of phenolic OH excluding ortho intramolecular Hbond substituents is 1. The zero-order chi connectivity index (χ0) is 12.3. The molecule has 3 heteroatoms. The minimum absolute atomic E-state index is 0.363. The van der Waals surface area contributed by atoms with Crippen molar-refractivity contribution < 1.29 is 5.11 Å². The Hall–Kier alpha value is -1.06. The number of piperazine rings is 1. The van der Waals surface area contributed by atoms with Crippen LogP contribution >= 0.6 is 0 Å². The van der Waals surface area contributed by atoms with Gasteiger partial charge in [0.05, 0.1) is 0 Å².